The van der Waals surface area contributed by atoms with Crippen LogP contribution >= 0.6 is 23.7 Å². The fraction of sp³-hybridized carbons (Fsp3) is 0.625. The predicted molar refractivity (Wildman–Crippen MR) is 99.9 cm³/mol. The summed E-state index contributed by atoms with van der Waals surface area (Å²) in [6.45, 7) is 9.19. The molecule has 0 saturated heterocycles. The topological polar surface area (TPSA) is 56.5 Å². The van der Waals surface area contributed by atoms with Crippen LogP contribution in [0.15, 0.2) is 28.0 Å². The van der Waals surface area contributed by atoms with E-state index in [0.717, 1.165) is 11.9 Å². The van der Waals surface area contributed by atoms with Crippen molar-refractivity contribution in [2.75, 3.05) is 25.1 Å². The summed E-state index contributed by atoms with van der Waals surface area (Å²) in [6, 6.07) is 4.70. The van der Waals surface area contributed by atoms with Crippen LogP contribution in [0.4, 0.5) is 18.9 Å². The molecule has 0 bridgehead atoms. The minimum Gasteiger partial charge on any atom is -0.384 e. The van der Waals surface area contributed by atoms with Gasteiger partial charge >= 0.3 is 5.51 Å². The van der Waals surface area contributed by atoms with Crippen LogP contribution in [0, 0.1) is 0 Å². The van der Waals surface area contributed by atoms with Gasteiger partial charge in [-0.3, -0.25) is 5.14 Å². The Morgan fingerprint density at radius 3 is 2.24 bits per heavy atom. The maximum Gasteiger partial charge on any atom is 0.446 e. The molecule has 0 aromatic heterocycles. The number of hydrogen-bond donors (Lipinski definition) is 2. The van der Waals surface area contributed by atoms with E-state index < -0.39 is 5.51 Å². The number of rotatable bonds is 10. The molecule has 0 heterocycles. The third-order valence-corrected chi connectivity index (χ3v) is 4.03. The van der Waals surface area contributed by atoms with Crippen molar-refractivity contribution in [2.24, 2.45) is 5.14 Å². The van der Waals surface area contributed by atoms with Crippen LogP contribution in [0.2, 0.25) is 0 Å². The van der Waals surface area contributed by atoms with Gasteiger partial charge in [-0.05, 0) is 55.8 Å². The number of halogens is 3. The van der Waals surface area contributed by atoms with Crippen LogP contribution in [-0.4, -0.2) is 31.6 Å². The van der Waals surface area contributed by atoms with Crippen molar-refractivity contribution in [1.82, 2.24) is 0 Å². The summed E-state index contributed by atoms with van der Waals surface area (Å²) < 4.78 is 48.8. The molecular weight excluding hydrogens is 373 g/mol. The van der Waals surface area contributed by atoms with Crippen molar-refractivity contribution in [3.63, 3.8) is 0 Å². The van der Waals surface area contributed by atoms with Gasteiger partial charge in [-0.15, -0.1) is 0 Å². The van der Waals surface area contributed by atoms with Crippen molar-refractivity contribution < 1.29 is 22.6 Å². The van der Waals surface area contributed by atoms with Gasteiger partial charge < -0.3 is 14.8 Å². The van der Waals surface area contributed by atoms with E-state index in [4.69, 9.17) is 14.6 Å². The van der Waals surface area contributed by atoms with E-state index in [-0.39, 0.29) is 22.9 Å². The molecule has 0 spiro atoms. The number of thioether (sulfide) groups is 1. The first-order valence-electron chi connectivity index (χ1n) is 8.13. The summed E-state index contributed by atoms with van der Waals surface area (Å²) in [5, 5.41) is 8.42. The zero-order valence-corrected chi connectivity index (χ0v) is 16.6. The van der Waals surface area contributed by atoms with Crippen LogP contribution in [0.5, 0.6) is 0 Å². The highest BCUT2D eigenvalue weighted by Gasteiger charge is 2.30. The van der Waals surface area contributed by atoms with Crippen molar-refractivity contribution in [1.29, 1.82) is 0 Å². The number of ether oxygens (including phenoxy) is 2. The fourth-order valence-corrected chi connectivity index (χ4v) is 2.93. The molecule has 0 aliphatic rings. The molecule has 0 fully saturated rings. The van der Waals surface area contributed by atoms with Gasteiger partial charge in [0.15, 0.2) is 6.29 Å². The summed E-state index contributed by atoms with van der Waals surface area (Å²) in [5.74, 6) is 0. The van der Waals surface area contributed by atoms with E-state index >= 15 is 0 Å². The molecule has 25 heavy (non-hydrogen) atoms. The summed E-state index contributed by atoms with van der Waals surface area (Å²) in [7, 11) is 0. The van der Waals surface area contributed by atoms with Gasteiger partial charge in [0.25, 0.3) is 0 Å². The van der Waals surface area contributed by atoms with Crippen LogP contribution in [-0.2, 0) is 9.47 Å². The Labute approximate surface area is 156 Å². The lowest BCUT2D eigenvalue weighted by Gasteiger charge is -2.18. The molecular formula is C16H27F3N2O2S2. The van der Waals surface area contributed by atoms with Crippen molar-refractivity contribution >= 4 is 29.4 Å². The largest absolute Gasteiger partial charge is 0.446 e. The van der Waals surface area contributed by atoms with Crippen LogP contribution in [0.3, 0.4) is 0 Å². The monoisotopic (exact) mass is 400 g/mol. The first kappa shape index (κ1) is 24.4. The average molecular weight is 401 g/mol. The second-order valence-electron chi connectivity index (χ2n) is 4.38. The van der Waals surface area contributed by atoms with Gasteiger partial charge in [0.05, 0.1) is 0 Å². The number of nitrogens with one attached hydrogen (secondary N) is 1. The molecule has 0 unspecified atom stereocenters. The van der Waals surface area contributed by atoms with E-state index in [2.05, 4.69) is 5.32 Å². The first-order valence-corrected chi connectivity index (χ1v) is 9.82. The van der Waals surface area contributed by atoms with Crippen molar-refractivity contribution in [3.8, 4) is 0 Å². The van der Waals surface area contributed by atoms with Crippen LogP contribution in [0.1, 0.15) is 34.1 Å². The van der Waals surface area contributed by atoms with Gasteiger partial charge in [-0.1, -0.05) is 13.8 Å². The summed E-state index contributed by atoms with van der Waals surface area (Å²) in [5.41, 5.74) is -3.94. The highest BCUT2D eigenvalue weighted by Crippen LogP contribution is 2.41. The standard InChI is InChI=1S/C14H21F3N2O2S2.C2H6/c1-3-20-13(21-4-2)7-8-19-11-6-5-10(23-18)9-12(11)22-14(15,16)17;1-2/h5-6,9,13,19H,3-4,7-8,18H2,1-2H3;1-2H3. The van der Waals surface area contributed by atoms with E-state index in [0.29, 0.717) is 36.8 Å². The lowest BCUT2D eigenvalue weighted by atomic mass is 10.3. The Bertz CT molecular complexity index is 471. The van der Waals surface area contributed by atoms with E-state index in [1.54, 1.807) is 12.1 Å². The quantitative estimate of drug-likeness (QED) is 0.308. The normalized spacial score (nSPS) is 11.2. The molecule has 0 amide bonds. The van der Waals surface area contributed by atoms with Crippen molar-refractivity contribution in [2.45, 2.75) is 55.7 Å². The molecule has 1 rings (SSSR count). The molecule has 0 aliphatic heterocycles. The molecule has 0 atom stereocenters. The molecule has 3 N–H and O–H groups in total. The summed E-state index contributed by atoms with van der Waals surface area (Å²) >= 11 is 0.754. The zero-order valence-electron chi connectivity index (χ0n) is 15.0. The number of alkyl halides is 3. The third kappa shape index (κ3) is 10.9. The van der Waals surface area contributed by atoms with Gasteiger partial charge in [0.2, 0.25) is 0 Å². The van der Waals surface area contributed by atoms with Gasteiger partial charge in [-0.25, -0.2) is 0 Å². The highest BCUT2D eigenvalue weighted by molar-refractivity contribution is 8.00. The maximum absolute atomic E-state index is 12.7. The molecule has 0 saturated carbocycles. The zero-order chi connectivity index (χ0) is 19.3. The fourth-order valence-electron chi connectivity index (χ4n) is 1.84. The lowest BCUT2D eigenvalue weighted by molar-refractivity contribution is -0.137. The predicted octanol–water partition coefficient (Wildman–Crippen LogP) is 5.49. The Morgan fingerprint density at radius 2 is 1.76 bits per heavy atom. The Hall–Kier alpha value is -0.610. The number of benzene rings is 1. The Kier molecular flexibility index (Phi) is 13.2. The van der Waals surface area contributed by atoms with Crippen LogP contribution < -0.4 is 10.5 Å². The first-order chi connectivity index (χ1) is 11.9. The van der Waals surface area contributed by atoms with E-state index in [9.17, 15) is 13.2 Å². The molecule has 0 radical (unpaired) electrons. The average Bonchev–Trinajstić information content (AvgIpc) is 2.57. The molecule has 1 aromatic carbocycles. The molecule has 9 heteroatoms. The second-order valence-corrected chi connectivity index (χ2v) is 6.19. The molecule has 0 aliphatic carbocycles. The second kappa shape index (κ2) is 13.6. The maximum atomic E-state index is 12.7. The SMILES string of the molecule is CC.CCOC(CCNc1ccc(SN)cc1SC(F)(F)F)OCC. The number of anilines is 1. The minimum absolute atomic E-state index is 0.0947. The molecule has 4 nitrogen and oxygen atoms in total. The molecule has 1 aromatic rings. The smallest absolute Gasteiger partial charge is 0.384 e. The number of nitrogens with two attached hydrogens (primary N) is 1. The third-order valence-electron chi connectivity index (χ3n) is 2.72. The highest BCUT2D eigenvalue weighted by atomic mass is 32.2. The minimum atomic E-state index is -4.35. The van der Waals surface area contributed by atoms with Gasteiger partial charge in [0, 0.05) is 41.7 Å². The van der Waals surface area contributed by atoms with E-state index in [1.165, 1.54) is 6.07 Å². The van der Waals surface area contributed by atoms with Gasteiger partial charge in [-0.2, -0.15) is 13.2 Å². The molecule has 146 valence electrons. The van der Waals surface area contributed by atoms with Gasteiger partial charge in [0.1, 0.15) is 0 Å². The summed E-state index contributed by atoms with van der Waals surface area (Å²) in [4.78, 5) is 0.668. The summed E-state index contributed by atoms with van der Waals surface area (Å²) in [6.07, 6.45) is 0.167. The van der Waals surface area contributed by atoms with Crippen molar-refractivity contribution in [3.05, 3.63) is 18.2 Å². The van der Waals surface area contributed by atoms with E-state index in [1.807, 2.05) is 27.7 Å². The van der Waals surface area contributed by atoms with Crippen LogP contribution in [0.25, 0.3) is 0 Å². The lowest BCUT2D eigenvalue weighted by Crippen LogP contribution is -2.21. The number of hydrogen-bond acceptors (Lipinski definition) is 6. The Balaban J connectivity index is 0.00000277. The Morgan fingerprint density at radius 1 is 1.16 bits per heavy atom.